The van der Waals surface area contributed by atoms with Crippen LogP contribution in [0, 0.1) is 0 Å². The number of rotatable bonds is 8. The first-order valence-corrected chi connectivity index (χ1v) is 9.31. The van der Waals surface area contributed by atoms with Gasteiger partial charge in [0.2, 0.25) is 0 Å². The summed E-state index contributed by atoms with van der Waals surface area (Å²) < 4.78 is 6.18. The standard InChI is InChI=1S/C19H30OS/c1-5-8-14-19(15-20-7-3)18(4,13-6-2)16-11-9-10-12-17(16)21-19/h9-12H,5-8,13-15H2,1-4H3/t18-,19+/m0/s1. The summed E-state index contributed by atoms with van der Waals surface area (Å²) in [4.78, 5) is 1.48. The first-order chi connectivity index (χ1) is 10.1. The van der Waals surface area contributed by atoms with Crippen LogP contribution in [0.1, 0.15) is 65.4 Å². The van der Waals surface area contributed by atoms with Crippen molar-refractivity contribution in [2.45, 2.75) is 74.9 Å². The normalized spacial score (nSPS) is 27.8. The van der Waals surface area contributed by atoms with Gasteiger partial charge in [0.1, 0.15) is 0 Å². The molecular formula is C19H30OS. The molecule has 0 spiro atoms. The Morgan fingerprint density at radius 3 is 2.48 bits per heavy atom. The fourth-order valence-corrected chi connectivity index (χ4v) is 5.56. The van der Waals surface area contributed by atoms with Gasteiger partial charge in [0.25, 0.3) is 0 Å². The summed E-state index contributed by atoms with van der Waals surface area (Å²) in [5, 5.41) is 0. The SMILES string of the molecule is CCCC[C@]1(COCC)Sc2ccccc2[C@]1(C)CCC. The van der Waals surface area contributed by atoms with Gasteiger partial charge in [-0.25, -0.2) is 0 Å². The fourth-order valence-electron chi connectivity index (χ4n) is 3.76. The lowest BCUT2D eigenvalue weighted by Crippen LogP contribution is -2.47. The predicted octanol–water partition coefficient (Wildman–Crippen LogP) is 5.82. The molecular weight excluding hydrogens is 276 g/mol. The van der Waals surface area contributed by atoms with Gasteiger partial charge in [-0.3, -0.25) is 0 Å². The van der Waals surface area contributed by atoms with Gasteiger partial charge in [0.05, 0.1) is 11.4 Å². The second-order valence-electron chi connectivity index (χ2n) is 6.42. The van der Waals surface area contributed by atoms with E-state index in [-0.39, 0.29) is 10.2 Å². The van der Waals surface area contributed by atoms with E-state index >= 15 is 0 Å². The molecule has 1 heterocycles. The minimum atomic E-state index is 0.207. The molecule has 0 radical (unpaired) electrons. The number of benzene rings is 1. The maximum absolute atomic E-state index is 5.97. The molecule has 1 nitrogen and oxygen atoms in total. The summed E-state index contributed by atoms with van der Waals surface area (Å²) in [5.41, 5.74) is 1.78. The van der Waals surface area contributed by atoms with E-state index in [4.69, 9.17) is 4.74 Å². The lowest BCUT2D eigenvalue weighted by atomic mass is 9.67. The molecule has 0 aliphatic carbocycles. The molecule has 2 heteroatoms. The third-order valence-electron chi connectivity index (χ3n) is 5.02. The number of hydrogen-bond donors (Lipinski definition) is 0. The van der Waals surface area contributed by atoms with Crippen LogP contribution in [-0.4, -0.2) is 18.0 Å². The summed E-state index contributed by atoms with van der Waals surface area (Å²) in [6.45, 7) is 10.9. The zero-order chi connectivity index (χ0) is 15.3. The van der Waals surface area contributed by atoms with Crippen molar-refractivity contribution in [3.05, 3.63) is 29.8 Å². The van der Waals surface area contributed by atoms with Gasteiger partial charge in [-0.2, -0.15) is 0 Å². The van der Waals surface area contributed by atoms with Gasteiger partial charge in [0.15, 0.2) is 0 Å². The van der Waals surface area contributed by atoms with E-state index in [1.807, 2.05) is 0 Å². The largest absolute Gasteiger partial charge is 0.380 e. The van der Waals surface area contributed by atoms with Crippen molar-refractivity contribution in [2.75, 3.05) is 13.2 Å². The van der Waals surface area contributed by atoms with Gasteiger partial charge in [0, 0.05) is 16.9 Å². The van der Waals surface area contributed by atoms with Crippen molar-refractivity contribution in [3.63, 3.8) is 0 Å². The molecule has 0 saturated heterocycles. The second-order valence-corrected chi connectivity index (χ2v) is 7.84. The Morgan fingerprint density at radius 1 is 1.05 bits per heavy atom. The Balaban J connectivity index is 2.42. The Bertz CT molecular complexity index is 449. The van der Waals surface area contributed by atoms with Crippen LogP contribution >= 0.6 is 11.8 Å². The van der Waals surface area contributed by atoms with E-state index < -0.39 is 0 Å². The van der Waals surface area contributed by atoms with E-state index in [0.717, 1.165) is 13.2 Å². The molecule has 2 rings (SSSR count). The van der Waals surface area contributed by atoms with E-state index in [1.165, 1.54) is 37.0 Å². The van der Waals surface area contributed by atoms with Crippen LogP contribution in [-0.2, 0) is 10.2 Å². The zero-order valence-electron chi connectivity index (χ0n) is 14.1. The number of fused-ring (bicyclic) bond motifs is 1. The van der Waals surface area contributed by atoms with Crippen molar-refractivity contribution in [1.29, 1.82) is 0 Å². The molecule has 118 valence electrons. The molecule has 1 aromatic carbocycles. The first kappa shape index (κ1) is 16.9. The van der Waals surface area contributed by atoms with Crippen molar-refractivity contribution in [1.82, 2.24) is 0 Å². The maximum atomic E-state index is 5.97. The average molecular weight is 307 g/mol. The summed E-state index contributed by atoms with van der Waals surface area (Å²) in [7, 11) is 0. The molecule has 0 bridgehead atoms. The number of thioether (sulfide) groups is 1. The molecule has 0 fully saturated rings. The number of ether oxygens (including phenoxy) is 1. The lowest BCUT2D eigenvalue weighted by molar-refractivity contribution is 0.0893. The Hall–Kier alpha value is -0.470. The number of hydrogen-bond acceptors (Lipinski definition) is 2. The van der Waals surface area contributed by atoms with Crippen LogP contribution in [0.25, 0.3) is 0 Å². The quantitative estimate of drug-likeness (QED) is 0.599. The molecule has 2 atom stereocenters. The maximum Gasteiger partial charge on any atom is 0.0625 e. The highest BCUT2D eigenvalue weighted by Crippen LogP contribution is 2.60. The third-order valence-corrected chi connectivity index (χ3v) is 6.76. The van der Waals surface area contributed by atoms with E-state index in [9.17, 15) is 0 Å². The van der Waals surface area contributed by atoms with Crippen LogP contribution in [0.2, 0.25) is 0 Å². The third kappa shape index (κ3) is 3.03. The van der Waals surface area contributed by atoms with E-state index in [1.54, 1.807) is 5.56 Å². The van der Waals surface area contributed by atoms with Crippen molar-refractivity contribution >= 4 is 11.8 Å². The smallest absolute Gasteiger partial charge is 0.0625 e. The second kappa shape index (κ2) is 7.19. The highest BCUT2D eigenvalue weighted by molar-refractivity contribution is 8.01. The Morgan fingerprint density at radius 2 is 1.81 bits per heavy atom. The minimum absolute atomic E-state index is 0.207. The van der Waals surface area contributed by atoms with Crippen molar-refractivity contribution in [3.8, 4) is 0 Å². The molecule has 1 aliphatic heterocycles. The summed E-state index contributed by atoms with van der Waals surface area (Å²) in [5.74, 6) is 0. The highest BCUT2D eigenvalue weighted by Gasteiger charge is 2.54. The molecule has 1 aliphatic rings. The summed E-state index contributed by atoms with van der Waals surface area (Å²) in [6, 6.07) is 9.02. The summed E-state index contributed by atoms with van der Waals surface area (Å²) in [6.07, 6.45) is 6.26. The fraction of sp³-hybridized carbons (Fsp3) is 0.684. The predicted molar refractivity (Wildman–Crippen MR) is 93.3 cm³/mol. The molecule has 0 N–H and O–H groups in total. The number of unbranched alkanes of at least 4 members (excludes halogenated alkanes) is 1. The van der Waals surface area contributed by atoms with Gasteiger partial charge in [-0.15, -0.1) is 11.8 Å². The molecule has 0 saturated carbocycles. The monoisotopic (exact) mass is 306 g/mol. The van der Waals surface area contributed by atoms with Gasteiger partial charge in [-0.1, -0.05) is 58.2 Å². The molecule has 1 aromatic rings. The molecule has 0 amide bonds. The van der Waals surface area contributed by atoms with Crippen LogP contribution in [0.4, 0.5) is 0 Å². The Labute approximate surface area is 134 Å². The van der Waals surface area contributed by atoms with Gasteiger partial charge < -0.3 is 4.74 Å². The molecule has 0 aromatic heterocycles. The van der Waals surface area contributed by atoms with Crippen molar-refractivity contribution in [2.24, 2.45) is 0 Å². The zero-order valence-corrected chi connectivity index (χ0v) is 14.9. The molecule has 21 heavy (non-hydrogen) atoms. The Kier molecular flexibility index (Phi) is 5.79. The lowest BCUT2D eigenvalue weighted by Gasteiger charge is -2.43. The van der Waals surface area contributed by atoms with Gasteiger partial charge >= 0.3 is 0 Å². The van der Waals surface area contributed by atoms with Crippen LogP contribution < -0.4 is 0 Å². The van der Waals surface area contributed by atoms with Gasteiger partial charge in [-0.05, 0) is 31.4 Å². The molecule has 0 unspecified atom stereocenters. The minimum Gasteiger partial charge on any atom is -0.380 e. The van der Waals surface area contributed by atoms with Crippen molar-refractivity contribution < 1.29 is 4.74 Å². The first-order valence-electron chi connectivity index (χ1n) is 8.49. The van der Waals surface area contributed by atoms with E-state index in [0.29, 0.717) is 0 Å². The van der Waals surface area contributed by atoms with Crippen LogP contribution in [0.15, 0.2) is 29.2 Å². The van der Waals surface area contributed by atoms with Crippen LogP contribution in [0.5, 0.6) is 0 Å². The summed E-state index contributed by atoms with van der Waals surface area (Å²) >= 11 is 2.09. The van der Waals surface area contributed by atoms with E-state index in [2.05, 4.69) is 63.7 Å². The van der Waals surface area contributed by atoms with Crippen LogP contribution in [0.3, 0.4) is 0 Å². The average Bonchev–Trinajstić information content (AvgIpc) is 2.73. The topological polar surface area (TPSA) is 9.23 Å². The highest BCUT2D eigenvalue weighted by atomic mass is 32.2.